The number of hydrogen-bond donors (Lipinski definition) is 1. The maximum Gasteiger partial charge on any atom is 0.418 e. The maximum absolute atomic E-state index is 10.6. The molecule has 1 N–H and O–H groups in total. The van der Waals surface area contributed by atoms with Crippen LogP contribution in [-0.4, -0.2) is 20.5 Å². The molecule has 0 saturated heterocycles. The zero-order chi connectivity index (χ0) is 8.48. The van der Waals surface area contributed by atoms with Crippen LogP contribution in [0.4, 0.5) is 4.79 Å². The lowest BCUT2D eigenvalue weighted by Crippen LogP contribution is -2.29. The van der Waals surface area contributed by atoms with E-state index in [1.165, 1.54) is 0 Å². The predicted octanol–water partition coefficient (Wildman–Crippen LogP) is 0.0592. The number of rotatable bonds is 2. The van der Waals surface area contributed by atoms with Crippen molar-refractivity contribution in [2.45, 2.75) is 25.4 Å². The molecule has 1 rings (SSSR count). The van der Waals surface area contributed by atoms with Crippen LogP contribution in [0.1, 0.15) is 19.8 Å². The van der Waals surface area contributed by atoms with Crippen molar-refractivity contribution >= 4 is 17.4 Å². The zero-order valence-electron chi connectivity index (χ0n) is 5.96. The molecular weight excluding hydrogens is 170 g/mol. The number of carbonyl (C=O) groups is 1. The average Bonchev–Trinajstić information content (AvgIpc) is 2.44. The fourth-order valence-electron chi connectivity index (χ4n) is 0.591. The molecule has 0 radical (unpaired) electrons. The molecule has 1 aliphatic rings. The highest BCUT2D eigenvalue weighted by Gasteiger charge is 2.41. The first kappa shape index (κ1) is 8.48. The topological polar surface area (TPSA) is 78.5 Å². The van der Waals surface area contributed by atoms with Gasteiger partial charge in [0.15, 0.2) is 0 Å². The molecule has 1 atom stereocenters. The summed E-state index contributed by atoms with van der Waals surface area (Å²) >= 11 is -2.58. The highest BCUT2D eigenvalue weighted by molar-refractivity contribution is 7.77. The van der Waals surface area contributed by atoms with Crippen molar-refractivity contribution in [2.75, 3.05) is 0 Å². The van der Waals surface area contributed by atoms with Crippen molar-refractivity contribution in [2.24, 2.45) is 0 Å². The van der Waals surface area contributed by atoms with Gasteiger partial charge in [0.05, 0.1) is 0 Å². The van der Waals surface area contributed by atoms with E-state index >= 15 is 0 Å². The second-order valence-electron chi connectivity index (χ2n) is 2.68. The minimum atomic E-state index is -2.58. The van der Waals surface area contributed by atoms with E-state index in [1.807, 2.05) is 0 Å². The normalized spacial score (nSPS) is 22.0. The quantitative estimate of drug-likeness (QED) is 0.606. The monoisotopic (exact) mass is 178 g/mol. The Morgan fingerprint density at radius 2 is 2.27 bits per heavy atom. The van der Waals surface area contributed by atoms with E-state index in [4.69, 9.17) is 4.74 Å². The van der Waals surface area contributed by atoms with Gasteiger partial charge in [-0.2, -0.15) is 0 Å². The minimum absolute atomic E-state index is 0.427. The number of ether oxygens (including phenoxy) is 1. The van der Waals surface area contributed by atoms with Gasteiger partial charge in [-0.05, 0) is 19.8 Å². The van der Waals surface area contributed by atoms with E-state index in [0.717, 1.165) is 12.8 Å². The summed E-state index contributed by atoms with van der Waals surface area (Å²) in [6, 6.07) is 0. The summed E-state index contributed by atoms with van der Waals surface area (Å²) in [5, 5.41) is 0. The summed E-state index contributed by atoms with van der Waals surface area (Å²) in [5.41, 5.74) is -0.427. The second kappa shape index (κ2) is 2.78. The van der Waals surface area contributed by atoms with Gasteiger partial charge in [0.2, 0.25) is 0 Å². The summed E-state index contributed by atoms with van der Waals surface area (Å²) in [7, 11) is 0. The van der Waals surface area contributed by atoms with Crippen LogP contribution < -0.4 is 4.72 Å². The number of nitrogens with one attached hydrogen (secondary N) is 1. The van der Waals surface area contributed by atoms with Crippen molar-refractivity contribution in [3.8, 4) is 0 Å². The Morgan fingerprint density at radius 1 is 1.73 bits per heavy atom. The summed E-state index contributed by atoms with van der Waals surface area (Å²) in [5.74, 6) is 0. The van der Waals surface area contributed by atoms with Crippen LogP contribution in [-0.2, 0) is 16.0 Å². The highest BCUT2D eigenvalue weighted by atomic mass is 32.2. The molecule has 1 fully saturated rings. The van der Waals surface area contributed by atoms with Gasteiger partial charge in [0.25, 0.3) is 0 Å². The molecule has 11 heavy (non-hydrogen) atoms. The van der Waals surface area contributed by atoms with Crippen molar-refractivity contribution in [1.82, 2.24) is 4.72 Å². The van der Waals surface area contributed by atoms with E-state index in [9.17, 15) is 13.6 Å². The predicted molar refractivity (Wildman–Crippen MR) is 36.2 cm³/mol. The molecule has 1 amide bonds. The Hall–Kier alpha value is -0.620. The summed E-state index contributed by atoms with van der Waals surface area (Å²) in [6.07, 6.45) is 0.691. The Balaban J connectivity index is 2.26. The molecule has 0 bridgehead atoms. The van der Waals surface area contributed by atoms with Gasteiger partial charge in [0.1, 0.15) is 5.60 Å². The van der Waals surface area contributed by atoms with Gasteiger partial charge in [-0.25, -0.2) is 4.79 Å². The molecule has 0 aliphatic heterocycles. The molecule has 0 spiro atoms. The van der Waals surface area contributed by atoms with Gasteiger partial charge in [0, 0.05) is 11.3 Å². The molecule has 0 heterocycles. The van der Waals surface area contributed by atoms with Crippen LogP contribution in [0.5, 0.6) is 0 Å². The first-order chi connectivity index (χ1) is 5.02. The lowest BCUT2D eigenvalue weighted by molar-refractivity contribution is 0.0986. The van der Waals surface area contributed by atoms with Crippen molar-refractivity contribution < 1.29 is 18.3 Å². The first-order valence-corrected chi connectivity index (χ1v) is 4.18. The molecule has 1 unspecified atom stereocenters. The number of hydrogen-bond acceptors (Lipinski definition) is 4. The molecular formula is C5H8NO4S-. The third kappa shape index (κ3) is 2.85. The molecule has 5 nitrogen and oxygen atoms in total. The fourth-order valence-corrected chi connectivity index (χ4v) is 0.769. The van der Waals surface area contributed by atoms with Crippen LogP contribution >= 0.6 is 0 Å². The standard InChI is InChI=1S/C5H9NO4S/c1-5(2-3-5)10-4(7)6-11(8)9/h2-3H2,1H3,(H,6,7)(H,8,9)/p-1. The molecule has 1 aliphatic carbocycles. The van der Waals surface area contributed by atoms with Crippen LogP contribution in [0.25, 0.3) is 0 Å². The minimum Gasteiger partial charge on any atom is -0.755 e. The van der Waals surface area contributed by atoms with Crippen molar-refractivity contribution in [3.63, 3.8) is 0 Å². The average molecular weight is 178 g/mol. The molecule has 0 aromatic rings. The Kier molecular flexibility index (Phi) is 2.15. The van der Waals surface area contributed by atoms with Gasteiger partial charge < -0.3 is 9.29 Å². The first-order valence-electron chi connectivity index (χ1n) is 3.11. The largest absolute Gasteiger partial charge is 0.755 e. The van der Waals surface area contributed by atoms with Gasteiger partial charge in [-0.15, -0.1) is 0 Å². The number of amides is 1. The molecule has 0 aromatic carbocycles. The lowest BCUT2D eigenvalue weighted by atomic mass is 10.4. The van der Waals surface area contributed by atoms with Crippen molar-refractivity contribution in [1.29, 1.82) is 0 Å². The molecule has 6 heteroatoms. The zero-order valence-corrected chi connectivity index (χ0v) is 6.77. The molecule has 0 aromatic heterocycles. The highest BCUT2D eigenvalue weighted by Crippen LogP contribution is 2.38. The summed E-state index contributed by atoms with van der Waals surface area (Å²) < 4.78 is 26.1. The van der Waals surface area contributed by atoms with Crippen LogP contribution in [0.15, 0.2) is 0 Å². The van der Waals surface area contributed by atoms with Crippen LogP contribution in [0.3, 0.4) is 0 Å². The van der Waals surface area contributed by atoms with Gasteiger partial charge in [-0.3, -0.25) is 8.93 Å². The third-order valence-corrected chi connectivity index (χ3v) is 1.79. The fraction of sp³-hybridized carbons (Fsp3) is 0.800. The van der Waals surface area contributed by atoms with Crippen LogP contribution in [0, 0.1) is 0 Å². The molecule has 64 valence electrons. The maximum atomic E-state index is 10.6. The van der Waals surface area contributed by atoms with E-state index < -0.39 is 23.0 Å². The van der Waals surface area contributed by atoms with E-state index in [-0.39, 0.29) is 0 Å². The third-order valence-electron chi connectivity index (χ3n) is 1.46. The Morgan fingerprint density at radius 3 is 2.64 bits per heavy atom. The Bertz CT molecular complexity index is 201. The van der Waals surface area contributed by atoms with Crippen molar-refractivity contribution in [3.05, 3.63) is 0 Å². The smallest absolute Gasteiger partial charge is 0.418 e. The van der Waals surface area contributed by atoms with Gasteiger partial charge in [-0.1, -0.05) is 0 Å². The van der Waals surface area contributed by atoms with E-state index in [0.29, 0.717) is 0 Å². The lowest BCUT2D eigenvalue weighted by Gasteiger charge is -2.12. The summed E-state index contributed by atoms with van der Waals surface area (Å²) in [6.45, 7) is 1.75. The summed E-state index contributed by atoms with van der Waals surface area (Å²) in [4.78, 5) is 10.6. The SMILES string of the molecule is CC1(OC(=O)NS(=O)[O-])CC1. The van der Waals surface area contributed by atoms with Crippen LogP contribution in [0.2, 0.25) is 0 Å². The van der Waals surface area contributed by atoms with E-state index in [2.05, 4.69) is 0 Å². The van der Waals surface area contributed by atoms with E-state index in [1.54, 1.807) is 11.6 Å². The molecule has 1 saturated carbocycles. The Labute approximate surface area is 66.5 Å². The second-order valence-corrected chi connectivity index (χ2v) is 3.35. The van der Waals surface area contributed by atoms with Gasteiger partial charge >= 0.3 is 6.09 Å². The number of carbonyl (C=O) groups excluding carboxylic acids is 1.